The summed E-state index contributed by atoms with van der Waals surface area (Å²) in [5.74, 6) is -0.226. The molecule has 6 heteroatoms. The molecule has 0 heterocycles. The van der Waals surface area contributed by atoms with Gasteiger partial charge in [-0.25, -0.2) is 0 Å². The average molecular weight is 530 g/mol. The molecular formula is C33H26N2O3P+. The minimum absolute atomic E-state index is 0.0114. The molecule has 0 aromatic heterocycles. The maximum atomic E-state index is 13.7. The molecule has 190 valence electrons. The Morgan fingerprint density at radius 3 is 1.44 bits per heavy atom. The van der Waals surface area contributed by atoms with Crippen LogP contribution in [-0.4, -0.2) is 10.8 Å². The second kappa shape index (κ2) is 11.7. The van der Waals surface area contributed by atoms with Crippen LogP contribution in [0.2, 0.25) is 0 Å². The molecule has 0 saturated heterocycles. The van der Waals surface area contributed by atoms with Crippen molar-refractivity contribution in [3.05, 3.63) is 172 Å². The van der Waals surface area contributed by atoms with Crippen LogP contribution in [0.15, 0.2) is 151 Å². The summed E-state index contributed by atoms with van der Waals surface area (Å²) in [4.78, 5) is 24.6. The fraction of sp³-hybridized carbons (Fsp3) is 0. The number of nitrogens with zero attached hydrogens (tertiary/aromatic N) is 1. The first kappa shape index (κ1) is 25.8. The number of non-ortho nitro benzene ring substituents is 1. The van der Waals surface area contributed by atoms with E-state index in [0.29, 0.717) is 5.56 Å². The first-order valence-corrected chi connectivity index (χ1v) is 14.3. The number of nitro benzene ring substituents is 1. The molecule has 0 saturated carbocycles. The van der Waals surface area contributed by atoms with Gasteiger partial charge >= 0.3 is 0 Å². The normalized spacial score (nSPS) is 11.5. The fourth-order valence-electron chi connectivity index (χ4n) is 4.66. The predicted octanol–water partition coefficient (Wildman–Crippen LogP) is 6.32. The van der Waals surface area contributed by atoms with Crippen molar-refractivity contribution in [1.82, 2.24) is 5.32 Å². The Morgan fingerprint density at radius 1 is 0.615 bits per heavy atom. The molecule has 0 aliphatic carbocycles. The van der Waals surface area contributed by atoms with E-state index in [1.54, 1.807) is 24.3 Å². The van der Waals surface area contributed by atoms with Crippen LogP contribution in [0.25, 0.3) is 6.08 Å². The van der Waals surface area contributed by atoms with E-state index in [0.717, 1.165) is 26.9 Å². The number of nitro groups is 1. The summed E-state index contributed by atoms with van der Waals surface area (Å²) in [5.41, 5.74) is 2.03. The molecule has 0 aliphatic rings. The topological polar surface area (TPSA) is 72.2 Å². The lowest BCUT2D eigenvalue weighted by Crippen LogP contribution is -2.38. The largest absolute Gasteiger partial charge is 0.292 e. The summed E-state index contributed by atoms with van der Waals surface area (Å²) in [5, 5.41) is 17.8. The molecule has 0 bridgehead atoms. The zero-order valence-corrected chi connectivity index (χ0v) is 21.9. The minimum Gasteiger partial charge on any atom is -0.292 e. The third kappa shape index (κ3) is 5.40. The lowest BCUT2D eigenvalue weighted by atomic mass is 10.2. The van der Waals surface area contributed by atoms with E-state index < -0.39 is 12.2 Å². The van der Waals surface area contributed by atoms with Gasteiger partial charge in [0.1, 0.15) is 15.9 Å². The predicted molar refractivity (Wildman–Crippen MR) is 160 cm³/mol. The SMILES string of the molecule is O=C(N/C(=C/c1ccc([N+](=O)[O-])cc1)[P+](c1ccccc1)(c1ccccc1)c1ccccc1)c1ccccc1. The summed E-state index contributed by atoms with van der Waals surface area (Å²) in [7, 11) is -2.64. The van der Waals surface area contributed by atoms with E-state index in [9.17, 15) is 14.9 Å². The molecule has 0 spiro atoms. The van der Waals surface area contributed by atoms with Crippen molar-refractivity contribution in [1.29, 1.82) is 0 Å². The van der Waals surface area contributed by atoms with Crippen molar-refractivity contribution in [2.45, 2.75) is 0 Å². The smallest absolute Gasteiger partial charge is 0.269 e. The molecule has 5 aromatic rings. The maximum absolute atomic E-state index is 13.7. The number of rotatable bonds is 8. The monoisotopic (exact) mass is 529 g/mol. The van der Waals surface area contributed by atoms with Gasteiger partial charge in [0.2, 0.25) is 0 Å². The summed E-state index contributed by atoms with van der Waals surface area (Å²) in [6.45, 7) is 0. The lowest BCUT2D eigenvalue weighted by molar-refractivity contribution is -0.384. The molecule has 5 aromatic carbocycles. The average Bonchev–Trinajstić information content (AvgIpc) is 3.00. The molecular weight excluding hydrogens is 503 g/mol. The van der Waals surface area contributed by atoms with Crippen LogP contribution in [0.5, 0.6) is 0 Å². The number of nitrogens with one attached hydrogen (secondary N) is 1. The van der Waals surface area contributed by atoms with Crippen LogP contribution in [0, 0.1) is 10.1 Å². The Balaban J connectivity index is 1.82. The van der Waals surface area contributed by atoms with E-state index >= 15 is 0 Å². The highest BCUT2D eigenvalue weighted by atomic mass is 31.2. The fourth-order valence-corrected chi connectivity index (χ4v) is 8.86. The standard InChI is InChI=1S/C33H25N2O3P/c36-33(27-13-5-1-6-14-27)34-32(25-26-21-23-28(24-22-26)35(37)38)39(29-15-7-2-8-16-29,30-17-9-3-10-18-30)31-19-11-4-12-20-31/h1-25H/p+1/b32-25-. The van der Waals surface area contributed by atoms with Crippen molar-refractivity contribution >= 4 is 40.8 Å². The van der Waals surface area contributed by atoms with Crippen LogP contribution in [0.3, 0.4) is 0 Å². The lowest BCUT2D eigenvalue weighted by Gasteiger charge is -2.29. The number of carbonyl (C=O) groups excluding carboxylic acids is 1. The Hall–Kier alpha value is -4.86. The van der Waals surface area contributed by atoms with E-state index in [1.165, 1.54) is 12.1 Å². The molecule has 0 fully saturated rings. The number of carbonyl (C=O) groups is 1. The van der Waals surface area contributed by atoms with Crippen LogP contribution >= 0.6 is 7.26 Å². The Kier molecular flexibility index (Phi) is 7.72. The maximum Gasteiger partial charge on any atom is 0.269 e. The van der Waals surface area contributed by atoms with Gasteiger partial charge < -0.3 is 0 Å². The quantitative estimate of drug-likeness (QED) is 0.145. The number of hydrogen-bond donors (Lipinski definition) is 1. The number of amides is 1. The Labute approximate surface area is 228 Å². The minimum atomic E-state index is -2.64. The van der Waals surface area contributed by atoms with Gasteiger partial charge in [0.15, 0.2) is 12.7 Å². The van der Waals surface area contributed by atoms with Gasteiger partial charge in [-0.3, -0.25) is 20.2 Å². The highest BCUT2D eigenvalue weighted by Gasteiger charge is 2.50. The summed E-state index contributed by atoms with van der Waals surface area (Å²) in [6.07, 6.45) is 1.95. The summed E-state index contributed by atoms with van der Waals surface area (Å²) in [6, 6.07) is 46.1. The van der Waals surface area contributed by atoms with Crippen LogP contribution in [-0.2, 0) is 0 Å². The summed E-state index contributed by atoms with van der Waals surface area (Å²) >= 11 is 0. The molecule has 0 aliphatic heterocycles. The highest BCUT2D eigenvalue weighted by molar-refractivity contribution is 7.99. The van der Waals surface area contributed by atoms with Crippen LogP contribution in [0.1, 0.15) is 15.9 Å². The zero-order valence-electron chi connectivity index (χ0n) is 21.1. The van der Waals surface area contributed by atoms with Crippen molar-refractivity contribution in [3.63, 3.8) is 0 Å². The van der Waals surface area contributed by atoms with Gasteiger partial charge in [0, 0.05) is 23.8 Å². The molecule has 5 rings (SSSR count). The van der Waals surface area contributed by atoms with Crippen molar-refractivity contribution in [2.75, 3.05) is 0 Å². The Morgan fingerprint density at radius 2 is 1.03 bits per heavy atom. The van der Waals surface area contributed by atoms with Crippen molar-refractivity contribution in [3.8, 4) is 0 Å². The first-order valence-electron chi connectivity index (χ1n) is 12.5. The van der Waals surface area contributed by atoms with Gasteiger partial charge in [0.25, 0.3) is 11.6 Å². The van der Waals surface area contributed by atoms with Crippen LogP contribution < -0.4 is 21.2 Å². The molecule has 0 atom stereocenters. The van der Waals surface area contributed by atoms with Crippen LogP contribution in [0.4, 0.5) is 5.69 Å². The van der Waals surface area contributed by atoms with Crippen molar-refractivity contribution in [2.24, 2.45) is 0 Å². The van der Waals surface area contributed by atoms with Gasteiger partial charge in [-0.15, -0.1) is 0 Å². The number of benzene rings is 5. The molecule has 1 amide bonds. The highest BCUT2D eigenvalue weighted by Crippen LogP contribution is 2.61. The van der Waals surface area contributed by atoms with Gasteiger partial charge in [-0.1, -0.05) is 72.8 Å². The Bertz CT molecular complexity index is 1490. The third-order valence-corrected chi connectivity index (χ3v) is 10.7. The van der Waals surface area contributed by atoms with E-state index in [2.05, 4.69) is 41.7 Å². The number of hydrogen-bond acceptors (Lipinski definition) is 3. The van der Waals surface area contributed by atoms with Gasteiger partial charge in [-0.05, 0) is 66.2 Å². The molecule has 0 radical (unpaired) electrons. The van der Waals surface area contributed by atoms with E-state index in [1.807, 2.05) is 78.9 Å². The summed E-state index contributed by atoms with van der Waals surface area (Å²) < 4.78 is 0. The molecule has 1 N–H and O–H groups in total. The second-order valence-corrected chi connectivity index (χ2v) is 12.2. The zero-order chi connectivity index (χ0) is 27.1. The molecule has 39 heavy (non-hydrogen) atoms. The third-order valence-electron chi connectivity index (χ3n) is 6.48. The van der Waals surface area contributed by atoms with Gasteiger partial charge in [0.05, 0.1) is 4.92 Å². The molecule has 5 nitrogen and oxygen atoms in total. The van der Waals surface area contributed by atoms with Gasteiger partial charge in [-0.2, -0.15) is 0 Å². The van der Waals surface area contributed by atoms with E-state index in [-0.39, 0.29) is 11.6 Å². The van der Waals surface area contributed by atoms with E-state index in [4.69, 9.17) is 0 Å². The first-order chi connectivity index (χ1) is 19.1. The van der Waals surface area contributed by atoms with Crippen molar-refractivity contribution < 1.29 is 9.72 Å². The molecule has 0 unspecified atom stereocenters. The second-order valence-electron chi connectivity index (χ2n) is 8.88.